The monoisotopic (exact) mass is 329 g/mol. The Labute approximate surface area is 142 Å². The maximum atomic E-state index is 4.71. The minimum Gasteiger partial charge on any atom is -0.315 e. The number of aromatic amines is 1. The Morgan fingerprint density at radius 3 is 1.33 bits per heavy atom. The first kappa shape index (κ1) is 14.9. The Hall–Kier alpha value is -2.70. The second kappa shape index (κ2) is 6.43. The van der Waals surface area contributed by atoms with Gasteiger partial charge < -0.3 is 4.98 Å². The molecule has 0 fully saturated rings. The van der Waals surface area contributed by atoms with Crippen LogP contribution in [0.1, 0.15) is 0 Å². The van der Waals surface area contributed by atoms with Crippen molar-refractivity contribution in [3.8, 4) is 0 Å². The van der Waals surface area contributed by atoms with Crippen LogP contribution in [0.15, 0.2) is 103 Å². The summed E-state index contributed by atoms with van der Waals surface area (Å²) in [7, 11) is -2.02. The molecule has 1 aromatic heterocycles. The van der Waals surface area contributed by atoms with Crippen LogP contribution in [0.4, 0.5) is 0 Å². The topological polar surface area (TPSA) is 28.7 Å². The summed E-state index contributed by atoms with van der Waals surface area (Å²) in [5.74, 6) is 0. The second-order valence-corrected chi connectivity index (χ2v) is 8.90. The summed E-state index contributed by atoms with van der Waals surface area (Å²) in [5.41, 5.74) is 1.03. The number of imidazole rings is 1. The van der Waals surface area contributed by atoms with Crippen molar-refractivity contribution in [3.05, 3.63) is 103 Å². The zero-order chi connectivity index (χ0) is 16.2. The quantitative estimate of drug-likeness (QED) is 0.573. The van der Waals surface area contributed by atoms with E-state index >= 15 is 0 Å². The van der Waals surface area contributed by atoms with E-state index in [1.807, 2.05) is 12.4 Å². The van der Waals surface area contributed by atoms with Crippen molar-refractivity contribution in [2.24, 2.45) is 0 Å². The highest BCUT2D eigenvalue weighted by Gasteiger charge is 2.50. The van der Waals surface area contributed by atoms with Crippen LogP contribution in [0.5, 0.6) is 0 Å². The SMILES string of the molecule is c1ccc([P+](c2ccccc2)(c2ccccc2)c2ncc[nH]2)cc1. The molecule has 0 aliphatic rings. The lowest BCUT2D eigenvalue weighted by Crippen LogP contribution is -2.40. The largest absolute Gasteiger partial charge is 0.315 e. The van der Waals surface area contributed by atoms with Crippen LogP contribution in [0, 0.1) is 0 Å². The van der Waals surface area contributed by atoms with Crippen molar-refractivity contribution in [1.29, 1.82) is 0 Å². The molecular formula is C21H18N2P+. The Bertz CT molecular complexity index is 792. The minimum absolute atomic E-state index is 1.03. The summed E-state index contributed by atoms with van der Waals surface area (Å²) in [6.45, 7) is 0. The van der Waals surface area contributed by atoms with Gasteiger partial charge in [0.05, 0.1) is 0 Å². The lowest BCUT2D eigenvalue weighted by atomic mass is 10.4. The summed E-state index contributed by atoms with van der Waals surface area (Å²) in [6.07, 6.45) is 3.76. The molecule has 4 aromatic rings. The van der Waals surface area contributed by atoms with E-state index in [0.29, 0.717) is 0 Å². The Morgan fingerprint density at radius 2 is 1.00 bits per heavy atom. The summed E-state index contributed by atoms with van der Waals surface area (Å²) in [5, 5.41) is 3.91. The van der Waals surface area contributed by atoms with Crippen LogP contribution in [0.3, 0.4) is 0 Å². The molecule has 1 N–H and O–H groups in total. The van der Waals surface area contributed by atoms with E-state index in [-0.39, 0.29) is 0 Å². The van der Waals surface area contributed by atoms with E-state index in [2.05, 4.69) is 96.0 Å². The van der Waals surface area contributed by atoms with E-state index in [9.17, 15) is 0 Å². The molecule has 0 saturated heterocycles. The third-order valence-electron chi connectivity index (χ3n) is 4.23. The molecule has 116 valence electrons. The number of aromatic nitrogens is 2. The number of hydrogen-bond donors (Lipinski definition) is 1. The number of nitrogens with one attached hydrogen (secondary N) is 1. The molecular weight excluding hydrogens is 311 g/mol. The fourth-order valence-electron chi connectivity index (χ4n) is 3.21. The Morgan fingerprint density at radius 1 is 0.583 bits per heavy atom. The summed E-state index contributed by atoms with van der Waals surface area (Å²) < 4.78 is 0. The molecule has 0 aliphatic carbocycles. The maximum Gasteiger partial charge on any atom is 0.270 e. The third kappa shape index (κ3) is 2.36. The van der Waals surface area contributed by atoms with Crippen molar-refractivity contribution < 1.29 is 0 Å². The zero-order valence-electron chi connectivity index (χ0n) is 13.2. The molecule has 0 amide bonds. The first-order valence-corrected chi connectivity index (χ1v) is 9.77. The first-order chi connectivity index (χ1) is 11.9. The predicted molar refractivity (Wildman–Crippen MR) is 103 cm³/mol. The second-order valence-electron chi connectivity index (χ2n) is 5.59. The number of benzene rings is 3. The van der Waals surface area contributed by atoms with Crippen LogP contribution in [0.2, 0.25) is 0 Å². The van der Waals surface area contributed by atoms with E-state index in [4.69, 9.17) is 4.98 Å². The molecule has 0 atom stereocenters. The van der Waals surface area contributed by atoms with Crippen LogP contribution < -0.4 is 21.5 Å². The molecule has 1 heterocycles. The fraction of sp³-hybridized carbons (Fsp3) is 0. The molecule has 4 rings (SSSR count). The van der Waals surface area contributed by atoms with Crippen molar-refractivity contribution in [2.45, 2.75) is 0 Å². The van der Waals surface area contributed by atoms with E-state index in [1.54, 1.807) is 0 Å². The lowest BCUT2D eigenvalue weighted by molar-refractivity contribution is 1.40. The molecule has 0 unspecified atom stereocenters. The summed E-state index contributed by atoms with van der Waals surface area (Å²) in [4.78, 5) is 8.12. The van der Waals surface area contributed by atoms with Crippen LogP contribution >= 0.6 is 7.26 Å². The van der Waals surface area contributed by atoms with Crippen molar-refractivity contribution >= 4 is 28.7 Å². The number of rotatable bonds is 4. The summed E-state index contributed by atoms with van der Waals surface area (Å²) in [6, 6.07) is 32.2. The van der Waals surface area contributed by atoms with Crippen molar-refractivity contribution in [2.75, 3.05) is 0 Å². The van der Waals surface area contributed by atoms with Gasteiger partial charge in [-0.25, -0.2) is 4.98 Å². The van der Waals surface area contributed by atoms with Crippen molar-refractivity contribution in [3.63, 3.8) is 0 Å². The molecule has 0 bridgehead atoms. The average molecular weight is 329 g/mol. The van der Waals surface area contributed by atoms with Gasteiger partial charge in [-0.3, -0.25) is 0 Å². The first-order valence-electron chi connectivity index (χ1n) is 7.98. The van der Waals surface area contributed by atoms with Gasteiger partial charge in [-0.15, -0.1) is 0 Å². The molecule has 24 heavy (non-hydrogen) atoms. The number of H-pyrrole nitrogens is 1. The highest BCUT2D eigenvalue weighted by atomic mass is 31.2. The molecule has 3 heteroatoms. The molecule has 0 aliphatic heterocycles. The molecule has 2 nitrogen and oxygen atoms in total. The molecule has 0 spiro atoms. The number of hydrogen-bond acceptors (Lipinski definition) is 1. The van der Waals surface area contributed by atoms with Gasteiger partial charge in [0.1, 0.15) is 15.9 Å². The molecule has 0 saturated carbocycles. The highest BCUT2D eigenvalue weighted by molar-refractivity contribution is 8.01. The van der Waals surface area contributed by atoms with Crippen LogP contribution in [0.25, 0.3) is 0 Å². The van der Waals surface area contributed by atoms with Gasteiger partial charge in [0.25, 0.3) is 5.57 Å². The maximum absolute atomic E-state index is 4.71. The van der Waals surface area contributed by atoms with E-state index in [0.717, 1.165) is 5.57 Å². The van der Waals surface area contributed by atoms with E-state index in [1.165, 1.54) is 15.9 Å². The molecule has 3 aromatic carbocycles. The summed E-state index contributed by atoms with van der Waals surface area (Å²) >= 11 is 0. The Kier molecular flexibility index (Phi) is 3.98. The van der Waals surface area contributed by atoms with Gasteiger partial charge >= 0.3 is 0 Å². The predicted octanol–water partition coefficient (Wildman–Crippen LogP) is 3.03. The van der Waals surface area contributed by atoms with Gasteiger partial charge in [0.2, 0.25) is 0 Å². The van der Waals surface area contributed by atoms with Gasteiger partial charge in [0.15, 0.2) is 7.26 Å². The smallest absolute Gasteiger partial charge is 0.270 e. The van der Waals surface area contributed by atoms with Gasteiger partial charge in [-0.05, 0) is 36.4 Å². The third-order valence-corrected chi connectivity index (χ3v) is 8.33. The number of nitrogens with zero attached hydrogens (tertiary/aromatic N) is 1. The lowest BCUT2D eigenvalue weighted by Gasteiger charge is -2.24. The van der Waals surface area contributed by atoms with Crippen molar-refractivity contribution in [1.82, 2.24) is 9.97 Å². The van der Waals surface area contributed by atoms with E-state index < -0.39 is 7.26 Å². The van der Waals surface area contributed by atoms with Crippen LogP contribution in [-0.2, 0) is 0 Å². The van der Waals surface area contributed by atoms with Gasteiger partial charge in [-0.2, -0.15) is 0 Å². The van der Waals surface area contributed by atoms with Crippen LogP contribution in [-0.4, -0.2) is 9.97 Å². The van der Waals surface area contributed by atoms with Gasteiger partial charge in [-0.1, -0.05) is 54.6 Å². The Balaban J connectivity index is 2.12. The zero-order valence-corrected chi connectivity index (χ0v) is 14.1. The fourth-order valence-corrected chi connectivity index (χ4v) is 7.20. The standard InChI is InChI=1S/C21H18N2P/c1-4-10-18(11-5-1)24(21-22-16-17-23-21,19-12-6-2-7-13-19)20-14-8-3-9-15-20/h1-17H,(H,22,23)/q+1. The normalized spacial score (nSPS) is 11.3. The minimum atomic E-state index is -2.02. The van der Waals surface area contributed by atoms with Gasteiger partial charge in [0, 0.05) is 12.4 Å². The highest BCUT2D eigenvalue weighted by Crippen LogP contribution is 2.52. The molecule has 0 radical (unpaired) electrons. The average Bonchev–Trinajstić information content (AvgIpc) is 3.20.